The Morgan fingerprint density at radius 3 is 2.53 bits per heavy atom. The highest BCUT2D eigenvalue weighted by Crippen LogP contribution is 2.24. The van der Waals surface area contributed by atoms with Gasteiger partial charge in [0.2, 0.25) is 0 Å². The molecule has 0 N–H and O–H groups in total. The standard InChI is InChI=1S/C14H23ClN4/c1-14(2,3)13-16-11(15)10-12(17-13)19-7-5-6-18(4)8-9-19/h10H,5-9H2,1-4H3. The largest absolute Gasteiger partial charge is 0.355 e. The van der Waals surface area contributed by atoms with Crippen LogP contribution in [0.2, 0.25) is 5.15 Å². The van der Waals surface area contributed by atoms with Gasteiger partial charge in [0.25, 0.3) is 0 Å². The fraction of sp³-hybridized carbons (Fsp3) is 0.714. The van der Waals surface area contributed by atoms with Crippen LogP contribution in [0.3, 0.4) is 0 Å². The summed E-state index contributed by atoms with van der Waals surface area (Å²) in [4.78, 5) is 13.7. The zero-order valence-corrected chi connectivity index (χ0v) is 13.0. The van der Waals surface area contributed by atoms with E-state index in [4.69, 9.17) is 16.6 Å². The van der Waals surface area contributed by atoms with E-state index in [0.717, 1.165) is 44.2 Å². The predicted molar refractivity (Wildman–Crippen MR) is 80.1 cm³/mol. The molecule has 5 heteroatoms. The number of halogens is 1. The van der Waals surface area contributed by atoms with Crippen LogP contribution in [0.1, 0.15) is 33.0 Å². The Morgan fingerprint density at radius 2 is 1.84 bits per heavy atom. The third kappa shape index (κ3) is 3.80. The smallest absolute Gasteiger partial charge is 0.137 e. The number of likely N-dealkylation sites (N-methyl/N-ethyl adjacent to an activating group) is 1. The van der Waals surface area contributed by atoms with E-state index in [1.807, 2.05) is 6.07 Å². The van der Waals surface area contributed by atoms with Crippen molar-refractivity contribution in [2.45, 2.75) is 32.6 Å². The predicted octanol–water partition coefficient (Wildman–Crippen LogP) is 2.57. The summed E-state index contributed by atoms with van der Waals surface area (Å²) in [7, 11) is 2.16. The van der Waals surface area contributed by atoms with Gasteiger partial charge in [-0.1, -0.05) is 32.4 Å². The Hall–Kier alpha value is -0.870. The Morgan fingerprint density at radius 1 is 1.11 bits per heavy atom. The molecule has 0 aromatic carbocycles. The quantitative estimate of drug-likeness (QED) is 0.741. The highest BCUT2D eigenvalue weighted by molar-refractivity contribution is 6.29. The molecule has 0 saturated carbocycles. The lowest BCUT2D eigenvalue weighted by Gasteiger charge is -2.24. The summed E-state index contributed by atoms with van der Waals surface area (Å²) < 4.78 is 0. The minimum Gasteiger partial charge on any atom is -0.355 e. The van der Waals surface area contributed by atoms with E-state index in [-0.39, 0.29) is 5.41 Å². The molecular weight excluding hydrogens is 260 g/mol. The Bertz CT molecular complexity index is 442. The number of aromatic nitrogens is 2. The minimum atomic E-state index is -0.0811. The van der Waals surface area contributed by atoms with Gasteiger partial charge in [-0.05, 0) is 20.0 Å². The van der Waals surface area contributed by atoms with Gasteiger partial charge in [-0.15, -0.1) is 0 Å². The summed E-state index contributed by atoms with van der Waals surface area (Å²) in [6.45, 7) is 10.6. The third-order valence-corrected chi connectivity index (χ3v) is 3.59. The van der Waals surface area contributed by atoms with E-state index in [0.29, 0.717) is 5.15 Å². The first-order chi connectivity index (χ1) is 8.86. The fourth-order valence-corrected chi connectivity index (χ4v) is 2.36. The summed E-state index contributed by atoms with van der Waals surface area (Å²) in [5.41, 5.74) is -0.0811. The Kier molecular flexibility index (Phi) is 4.31. The molecule has 1 fully saturated rings. The molecule has 0 radical (unpaired) electrons. The maximum Gasteiger partial charge on any atom is 0.137 e. The summed E-state index contributed by atoms with van der Waals surface area (Å²) in [5, 5.41) is 0.535. The molecule has 106 valence electrons. The highest BCUT2D eigenvalue weighted by Gasteiger charge is 2.21. The zero-order valence-electron chi connectivity index (χ0n) is 12.3. The van der Waals surface area contributed by atoms with Crippen molar-refractivity contribution in [3.63, 3.8) is 0 Å². The molecule has 1 aliphatic rings. The highest BCUT2D eigenvalue weighted by atomic mass is 35.5. The zero-order chi connectivity index (χ0) is 14.0. The summed E-state index contributed by atoms with van der Waals surface area (Å²) in [6, 6.07) is 1.88. The first-order valence-corrected chi connectivity index (χ1v) is 7.22. The van der Waals surface area contributed by atoms with Gasteiger partial charge in [0.15, 0.2) is 0 Å². The van der Waals surface area contributed by atoms with E-state index in [9.17, 15) is 0 Å². The van der Waals surface area contributed by atoms with Gasteiger partial charge >= 0.3 is 0 Å². The second-order valence-corrected chi connectivity index (χ2v) is 6.65. The lowest BCUT2D eigenvalue weighted by Crippen LogP contribution is -2.30. The second-order valence-electron chi connectivity index (χ2n) is 6.27. The minimum absolute atomic E-state index is 0.0811. The molecule has 0 aliphatic carbocycles. The first-order valence-electron chi connectivity index (χ1n) is 6.85. The number of nitrogens with zero attached hydrogens (tertiary/aromatic N) is 4. The number of rotatable bonds is 1. The van der Waals surface area contributed by atoms with Crippen molar-refractivity contribution in [3.05, 3.63) is 17.0 Å². The van der Waals surface area contributed by atoms with Crippen LogP contribution < -0.4 is 4.90 Å². The lowest BCUT2D eigenvalue weighted by atomic mass is 9.96. The van der Waals surface area contributed by atoms with Gasteiger partial charge in [0.05, 0.1) is 0 Å². The van der Waals surface area contributed by atoms with E-state index >= 15 is 0 Å². The van der Waals surface area contributed by atoms with Gasteiger partial charge in [-0.3, -0.25) is 0 Å². The van der Waals surface area contributed by atoms with E-state index in [1.54, 1.807) is 0 Å². The van der Waals surface area contributed by atoms with Crippen molar-refractivity contribution in [1.82, 2.24) is 14.9 Å². The van der Waals surface area contributed by atoms with Crippen LogP contribution in [0.15, 0.2) is 6.07 Å². The molecule has 0 amide bonds. The molecular formula is C14H23ClN4. The number of anilines is 1. The van der Waals surface area contributed by atoms with Crippen molar-refractivity contribution < 1.29 is 0 Å². The number of hydrogen-bond acceptors (Lipinski definition) is 4. The molecule has 2 rings (SSSR count). The van der Waals surface area contributed by atoms with Crippen LogP contribution in [-0.2, 0) is 5.41 Å². The molecule has 1 aromatic rings. The first kappa shape index (κ1) is 14.5. The Labute approximate surface area is 120 Å². The fourth-order valence-electron chi connectivity index (χ4n) is 2.18. The van der Waals surface area contributed by atoms with E-state index < -0.39 is 0 Å². The monoisotopic (exact) mass is 282 g/mol. The van der Waals surface area contributed by atoms with Crippen LogP contribution in [0.4, 0.5) is 5.82 Å². The van der Waals surface area contributed by atoms with Gasteiger partial charge in [0, 0.05) is 31.1 Å². The molecule has 4 nitrogen and oxygen atoms in total. The van der Waals surface area contributed by atoms with Crippen molar-refractivity contribution in [2.75, 3.05) is 38.1 Å². The maximum atomic E-state index is 6.16. The van der Waals surface area contributed by atoms with Gasteiger partial charge in [-0.25, -0.2) is 9.97 Å². The summed E-state index contributed by atoms with van der Waals surface area (Å²) in [6.07, 6.45) is 1.16. The normalized spacial score (nSPS) is 18.5. The van der Waals surface area contributed by atoms with Crippen molar-refractivity contribution >= 4 is 17.4 Å². The Balaban J connectivity index is 2.26. The SMILES string of the molecule is CN1CCCN(c2cc(Cl)nc(C(C)(C)C)n2)CC1. The second kappa shape index (κ2) is 5.63. The molecule has 2 heterocycles. The molecule has 1 aliphatic heterocycles. The average molecular weight is 283 g/mol. The van der Waals surface area contributed by atoms with Gasteiger partial charge < -0.3 is 9.80 Å². The van der Waals surface area contributed by atoms with E-state index in [1.165, 1.54) is 0 Å². The topological polar surface area (TPSA) is 32.3 Å². The van der Waals surface area contributed by atoms with Crippen LogP contribution in [-0.4, -0.2) is 48.1 Å². The molecule has 0 unspecified atom stereocenters. The molecule has 0 atom stereocenters. The van der Waals surface area contributed by atoms with Crippen LogP contribution in [0.25, 0.3) is 0 Å². The molecule has 0 spiro atoms. The van der Waals surface area contributed by atoms with Gasteiger partial charge in [0.1, 0.15) is 16.8 Å². The number of hydrogen-bond donors (Lipinski definition) is 0. The molecule has 1 saturated heterocycles. The van der Waals surface area contributed by atoms with Gasteiger partial charge in [-0.2, -0.15) is 0 Å². The van der Waals surface area contributed by atoms with Crippen molar-refractivity contribution in [3.8, 4) is 0 Å². The lowest BCUT2D eigenvalue weighted by molar-refractivity contribution is 0.360. The molecule has 0 bridgehead atoms. The third-order valence-electron chi connectivity index (χ3n) is 3.40. The maximum absolute atomic E-state index is 6.16. The average Bonchev–Trinajstić information content (AvgIpc) is 2.52. The summed E-state index contributed by atoms with van der Waals surface area (Å²) in [5.74, 6) is 1.77. The molecule has 19 heavy (non-hydrogen) atoms. The summed E-state index contributed by atoms with van der Waals surface area (Å²) >= 11 is 6.16. The molecule has 1 aromatic heterocycles. The van der Waals surface area contributed by atoms with Crippen LogP contribution in [0, 0.1) is 0 Å². The van der Waals surface area contributed by atoms with Crippen molar-refractivity contribution in [2.24, 2.45) is 0 Å². The van der Waals surface area contributed by atoms with Crippen LogP contribution >= 0.6 is 11.6 Å². The van der Waals surface area contributed by atoms with E-state index in [2.05, 4.69) is 42.6 Å². The van der Waals surface area contributed by atoms with Crippen LogP contribution in [0.5, 0.6) is 0 Å². The van der Waals surface area contributed by atoms with Crippen molar-refractivity contribution in [1.29, 1.82) is 0 Å².